The van der Waals surface area contributed by atoms with Crippen LogP contribution < -0.4 is 11.1 Å². The van der Waals surface area contributed by atoms with Crippen LogP contribution in [0.2, 0.25) is 0 Å². The predicted molar refractivity (Wildman–Crippen MR) is 59.3 cm³/mol. The summed E-state index contributed by atoms with van der Waals surface area (Å²) >= 11 is 1.69. The molecule has 0 radical (unpaired) electrons. The van der Waals surface area contributed by atoms with E-state index in [0.717, 1.165) is 19.4 Å². The molecule has 78 valence electrons. The zero-order valence-electron chi connectivity index (χ0n) is 8.32. The van der Waals surface area contributed by atoms with Gasteiger partial charge in [-0.15, -0.1) is 0 Å². The molecule has 0 aliphatic heterocycles. The molecule has 1 aromatic heterocycles. The highest BCUT2D eigenvalue weighted by molar-refractivity contribution is 7.07. The average molecular weight is 212 g/mol. The van der Waals surface area contributed by atoms with E-state index in [9.17, 15) is 4.79 Å². The minimum atomic E-state index is -0.266. The summed E-state index contributed by atoms with van der Waals surface area (Å²) in [5.74, 6) is -0.266. The Morgan fingerprint density at radius 1 is 1.71 bits per heavy atom. The van der Waals surface area contributed by atoms with Crippen molar-refractivity contribution in [2.45, 2.75) is 25.8 Å². The van der Waals surface area contributed by atoms with E-state index >= 15 is 0 Å². The SMILES string of the molecule is CCC(NCCc1ccsc1)C(N)=O. The van der Waals surface area contributed by atoms with Crippen LogP contribution in [-0.4, -0.2) is 18.5 Å². The zero-order valence-corrected chi connectivity index (χ0v) is 9.14. The quantitative estimate of drug-likeness (QED) is 0.743. The maximum absolute atomic E-state index is 10.9. The highest BCUT2D eigenvalue weighted by Gasteiger charge is 2.10. The first-order valence-electron chi connectivity index (χ1n) is 4.77. The Kier molecular flexibility index (Phi) is 4.62. The minimum absolute atomic E-state index is 0.186. The molecular weight excluding hydrogens is 196 g/mol. The molecule has 1 atom stereocenters. The van der Waals surface area contributed by atoms with Gasteiger partial charge in [0.25, 0.3) is 0 Å². The average Bonchev–Trinajstić information content (AvgIpc) is 2.64. The van der Waals surface area contributed by atoms with E-state index in [2.05, 4.69) is 22.1 Å². The van der Waals surface area contributed by atoms with Gasteiger partial charge >= 0.3 is 0 Å². The summed E-state index contributed by atoms with van der Waals surface area (Å²) in [5, 5.41) is 7.31. The van der Waals surface area contributed by atoms with Crippen LogP contribution in [0.15, 0.2) is 16.8 Å². The third-order valence-electron chi connectivity index (χ3n) is 2.14. The second-order valence-electron chi connectivity index (χ2n) is 3.20. The Morgan fingerprint density at radius 3 is 3.00 bits per heavy atom. The van der Waals surface area contributed by atoms with Crippen molar-refractivity contribution in [1.82, 2.24) is 5.32 Å². The fourth-order valence-electron chi connectivity index (χ4n) is 1.27. The van der Waals surface area contributed by atoms with Gasteiger partial charge in [0.2, 0.25) is 5.91 Å². The lowest BCUT2D eigenvalue weighted by atomic mass is 10.2. The number of primary amides is 1. The third kappa shape index (κ3) is 3.47. The lowest BCUT2D eigenvalue weighted by molar-refractivity contribution is -0.120. The molecule has 3 N–H and O–H groups in total. The number of carbonyl (C=O) groups is 1. The minimum Gasteiger partial charge on any atom is -0.368 e. The third-order valence-corrected chi connectivity index (χ3v) is 2.87. The Morgan fingerprint density at radius 2 is 2.50 bits per heavy atom. The number of carbonyl (C=O) groups excluding carboxylic acids is 1. The first kappa shape index (κ1) is 11.2. The number of nitrogens with two attached hydrogens (primary N) is 1. The van der Waals surface area contributed by atoms with E-state index in [-0.39, 0.29) is 11.9 Å². The number of thiophene rings is 1. The monoisotopic (exact) mass is 212 g/mol. The van der Waals surface area contributed by atoms with Gasteiger partial charge in [-0.05, 0) is 41.8 Å². The molecule has 0 aliphatic carbocycles. The highest BCUT2D eigenvalue weighted by atomic mass is 32.1. The van der Waals surface area contributed by atoms with Gasteiger partial charge in [0.15, 0.2) is 0 Å². The van der Waals surface area contributed by atoms with Crippen LogP contribution >= 0.6 is 11.3 Å². The molecule has 0 spiro atoms. The summed E-state index contributed by atoms with van der Waals surface area (Å²) < 4.78 is 0. The van der Waals surface area contributed by atoms with Crippen molar-refractivity contribution in [1.29, 1.82) is 0 Å². The van der Waals surface area contributed by atoms with Crippen molar-refractivity contribution >= 4 is 17.2 Å². The molecule has 0 saturated heterocycles. The number of hydrogen-bond acceptors (Lipinski definition) is 3. The Labute approximate surface area is 88.3 Å². The van der Waals surface area contributed by atoms with Gasteiger partial charge in [-0.3, -0.25) is 4.79 Å². The second-order valence-corrected chi connectivity index (χ2v) is 3.98. The van der Waals surface area contributed by atoms with Crippen molar-refractivity contribution in [3.05, 3.63) is 22.4 Å². The van der Waals surface area contributed by atoms with E-state index in [0.29, 0.717) is 0 Å². The molecule has 0 aliphatic rings. The van der Waals surface area contributed by atoms with Crippen LogP contribution in [0.1, 0.15) is 18.9 Å². The van der Waals surface area contributed by atoms with Crippen LogP contribution in [0.5, 0.6) is 0 Å². The maximum Gasteiger partial charge on any atom is 0.234 e. The van der Waals surface area contributed by atoms with E-state index in [4.69, 9.17) is 5.73 Å². The summed E-state index contributed by atoms with van der Waals surface area (Å²) in [7, 11) is 0. The van der Waals surface area contributed by atoms with Crippen LogP contribution in [0.4, 0.5) is 0 Å². The molecule has 0 fully saturated rings. The van der Waals surface area contributed by atoms with Crippen LogP contribution in [0.25, 0.3) is 0 Å². The van der Waals surface area contributed by atoms with Gasteiger partial charge in [0, 0.05) is 0 Å². The van der Waals surface area contributed by atoms with E-state index in [1.807, 2.05) is 6.92 Å². The Bertz CT molecular complexity index is 272. The number of nitrogens with one attached hydrogen (secondary N) is 1. The van der Waals surface area contributed by atoms with Crippen molar-refractivity contribution < 1.29 is 4.79 Å². The molecule has 1 unspecified atom stereocenters. The van der Waals surface area contributed by atoms with E-state index < -0.39 is 0 Å². The largest absolute Gasteiger partial charge is 0.368 e. The van der Waals surface area contributed by atoms with E-state index in [1.165, 1.54) is 5.56 Å². The summed E-state index contributed by atoms with van der Waals surface area (Å²) in [6.07, 6.45) is 1.70. The first-order chi connectivity index (χ1) is 6.74. The first-order valence-corrected chi connectivity index (χ1v) is 5.72. The van der Waals surface area contributed by atoms with Gasteiger partial charge < -0.3 is 11.1 Å². The molecular formula is C10H16N2OS. The fraction of sp³-hybridized carbons (Fsp3) is 0.500. The van der Waals surface area contributed by atoms with Crippen molar-refractivity contribution in [3.63, 3.8) is 0 Å². The summed E-state index contributed by atoms with van der Waals surface area (Å²) in [6, 6.07) is 1.91. The standard InChI is InChI=1S/C10H16N2OS/c1-2-9(10(11)13)12-5-3-8-4-6-14-7-8/h4,6-7,9,12H,2-3,5H2,1H3,(H2,11,13). The molecule has 1 aromatic rings. The maximum atomic E-state index is 10.9. The molecule has 1 rings (SSSR count). The summed E-state index contributed by atoms with van der Waals surface area (Å²) in [6.45, 7) is 2.76. The predicted octanol–water partition coefficient (Wildman–Crippen LogP) is 1.14. The number of hydrogen-bond donors (Lipinski definition) is 2. The van der Waals surface area contributed by atoms with Gasteiger partial charge in [0.05, 0.1) is 6.04 Å². The second kappa shape index (κ2) is 5.78. The van der Waals surface area contributed by atoms with Gasteiger partial charge in [-0.2, -0.15) is 11.3 Å². The highest BCUT2D eigenvalue weighted by Crippen LogP contribution is 2.05. The fourth-order valence-corrected chi connectivity index (χ4v) is 1.97. The number of rotatable bonds is 6. The smallest absolute Gasteiger partial charge is 0.234 e. The van der Waals surface area contributed by atoms with Crippen LogP contribution in [-0.2, 0) is 11.2 Å². The van der Waals surface area contributed by atoms with Crippen LogP contribution in [0.3, 0.4) is 0 Å². The molecule has 0 saturated carbocycles. The molecule has 1 heterocycles. The number of amides is 1. The molecule has 0 aromatic carbocycles. The Hall–Kier alpha value is -0.870. The van der Waals surface area contributed by atoms with Gasteiger partial charge in [-0.25, -0.2) is 0 Å². The lowest BCUT2D eigenvalue weighted by Gasteiger charge is -2.12. The molecule has 3 nitrogen and oxygen atoms in total. The molecule has 1 amide bonds. The summed E-state index contributed by atoms with van der Waals surface area (Å²) in [4.78, 5) is 10.9. The van der Waals surface area contributed by atoms with Crippen molar-refractivity contribution in [2.75, 3.05) is 6.54 Å². The topological polar surface area (TPSA) is 55.1 Å². The molecule has 14 heavy (non-hydrogen) atoms. The summed E-state index contributed by atoms with van der Waals surface area (Å²) in [5.41, 5.74) is 6.51. The Balaban J connectivity index is 2.23. The van der Waals surface area contributed by atoms with Gasteiger partial charge in [-0.1, -0.05) is 6.92 Å². The van der Waals surface area contributed by atoms with Crippen LogP contribution in [0, 0.1) is 0 Å². The molecule has 0 bridgehead atoms. The molecule has 4 heteroatoms. The van der Waals surface area contributed by atoms with Crippen molar-refractivity contribution in [3.8, 4) is 0 Å². The lowest BCUT2D eigenvalue weighted by Crippen LogP contribution is -2.41. The van der Waals surface area contributed by atoms with E-state index in [1.54, 1.807) is 11.3 Å². The normalized spacial score (nSPS) is 12.6. The zero-order chi connectivity index (χ0) is 10.4. The van der Waals surface area contributed by atoms with Gasteiger partial charge in [0.1, 0.15) is 0 Å². The van der Waals surface area contributed by atoms with Crippen molar-refractivity contribution in [2.24, 2.45) is 5.73 Å².